The molecule has 4 aliphatic rings. The van der Waals surface area contributed by atoms with Crippen LogP contribution in [-0.2, 0) is 14.3 Å². The van der Waals surface area contributed by atoms with Crippen LogP contribution in [0.2, 0.25) is 0 Å². The molecular weight excluding hydrogens is 418 g/mol. The lowest BCUT2D eigenvalue weighted by Gasteiger charge is -2.38. The Bertz CT molecular complexity index is 1090. The van der Waals surface area contributed by atoms with E-state index in [1.807, 2.05) is 26.8 Å². The number of carbonyl (C=O) groups excluding carboxylic acids is 2. The summed E-state index contributed by atoms with van der Waals surface area (Å²) in [5, 5.41) is 0. The van der Waals surface area contributed by atoms with Crippen LogP contribution in [0.5, 0.6) is 0 Å². The fourth-order valence-electron chi connectivity index (χ4n) is 5.49. The number of carbonyl (C=O) groups is 2. The third-order valence-electron chi connectivity index (χ3n) is 6.86. The minimum absolute atomic E-state index is 0.0900. The van der Waals surface area contributed by atoms with E-state index in [1.54, 1.807) is 4.90 Å². The molecule has 7 heteroatoms. The minimum Gasteiger partial charge on any atom is -0.461 e. The van der Waals surface area contributed by atoms with Crippen molar-refractivity contribution in [3.63, 3.8) is 0 Å². The van der Waals surface area contributed by atoms with Crippen LogP contribution in [0.1, 0.15) is 53.4 Å². The maximum atomic E-state index is 13.1. The zero-order chi connectivity index (χ0) is 24.1. The monoisotopic (exact) mass is 447 g/mol. The predicted octanol–water partition coefficient (Wildman–Crippen LogP) is 5.00. The van der Waals surface area contributed by atoms with Gasteiger partial charge in [-0.05, 0) is 68.4 Å². The lowest BCUT2D eigenvalue weighted by Crippen LogP contribution is -2.51. The smallest absolute Gasteiger partial charge is 0.461 e. The van der Waals surface area contributed by atoms with Crippen molar-refractivity contribution in [2.45, 2.75) is 76.7 Å². The molecule has 0 spiro atoms. The number of amides is 1. The van der Waals surface area contributed by atoms with Crippen molar-refractivity contribution in [2.75, 3.05) is 6.61 Å². The fraction of sp³-hybridized carbons (Fsp3) is 0.538. The van der Waals surface area contributed by atoms with Gasteiger partial charge in [-0.2, -0.15) is 0 Å². The Hall–Kier alpha value is -3.32. The molecule has 0 aromatic heterocycles. The standard InChI is InChI=1S/C26H29N3O4/c1-15-10-17-11-19-22(12-18-8-9-23(19)29(18)24(31)33-25(3,4)5)26(27-6,28-7)13-20(17)21(15)14-32-16(2)30/h11-12,18-19,23H,1,8-10,13-14H2,2-5H3/t18?,19-,23?/m1/s1. The van der Waals surface area contributed by atoms with Crippen LogP contribution in [0.4, 0.5) is 4.79 Å². The molecule has 2 bridgehead atoms. The molecule has 0 aromatic carbocycles. The molecular formula is C26H29N3O4. The van der Waals surface area contributed by atoms with E-state index in [0.717, 1.165) is 40.7 Å². The second-order valence-electron chi connectivity index (χ2n) is 10.2. The Kier molecular flexibility index (Phi) is 5.48. The number of allylic oxidation sites excluding steroid dienone is 1. The molecule has 7 nitrogen and oxygen atoms in total. The van der Waals surface area contributed by atoms with E-state index >= 15 is 0 Å². The van der Waals surface area contributed by atoms with E-state index in [-0.39, 0.29) is 43.1 Å². The van der Waals surface area contributed by atoms with Crippen LogP contribution in [0.3, 0.4) is 0 Å². The highest BCUT2D eigenvalue weighted by Crippen LogP contribution is 2.53. The van der Waals surface area contributed by atoms with E-state index < -0.39 is 11.3 Å². The van der Waals surface area contributed by atoms with Crippen LogP contribution >= 0.6 is 0 Å². The molecule has 1 amide bonds. The third kappa shape index (κ3) is 3.86. The number of nitrogens with zero attached hydrogens (tertiary/aromatic N) is 3. The molecule has 2 aliphatic heterocycles. The summed E-state index contributed by atoms with van der Waals surface area (Å²) in [6.45, 7) is 27.2. The average molecular weight is 448 g/mol. The van der Waals surface area contributed by atoms with E-state index in [9.17, 15) is 9.59 Å². The topological polar surface area (TPSA) is 64.6 Å². The summed E-state index contributed by atoms with van der Waals surface area (Å²) in [6, 6.07) is -0.342. The summed E-state index contributed by atoms with van der Waals surface area (Å²) >= 11 is 0. The lowest BCUT2D eigenvalue weighted by atomic mass is 9.80. The maximum absolute atomic E-state index is 13.1. The van der Waals surface area contributed by atoms with Crippen molar-refractivity contribution in [3.8, 4) is 0 Å². The van der Waals surface area contributed by atoms with E-state index in [2.05, 4.69) is 22.3 Å². The Morgan fingerprint density at radius 1 is 1.24 bits per heavy atom. The van der Waals surface area contributed by atoms with Crippen LogP contribution in [-0.4, -0.2) is 46.9 Å². The van der Waals surface area contributed by atoms with E-state index in [1.165, 1.54) is 6.92 Å². The lowest BCUT2D eigenvalue weighted by molar-refractivity contribution is -0.139. The zero-order valence-corrected chi connectivity index (χ0v) is 19.6. The van der Waals surface area contributed by atoms with Crippen molar-refractivity contribution in [3.05, 3.63) is 69.4 Å². The molecule has 0 radical (unpaired) electrons. The molecule has 1 fully saturated rings. The van der Waals surface area contributed by atoms with Gasteiger partial charge in [-0.15, -0.1) is 0 Å². The largest absolute Gasteiger partial charge is 0.510 e. The number of rotatable bonds is 2. The molecule has 2 heterocycles. The first-order chi connectivity index (χ1) is 15.5. The first-order valence-corrected chi connectivity index (χ1v) is 11.2. The highest BCUT2D eigenvalue weighted by atomic mass is 16.6. The quantitative estimate of drug-likeness (QED) is 0.340. The second kappa shape index (κ2) is 7.92. The molecule has 0 N–H and O–H groups in total. The van der Waals surface area contributed by atoms with Crippen molar-refractivity contribution in [1.29, 1.82) is 0 Å². The van der Waals surface area contributed by atoms with Gasteiger partial charge in [0, 0.05) is 18.9 Å². The predicted molar refractivity (Wildman–Crippen MR) is 123 cm³/mol. The summed E-state index contributed by atoms with van der Waals surface area (Å²) in [4.78, 5) is 34.0. The molecule has 0 aromatic rings. The first kappa shape index (κ1) is 22.9. The van der Waals surface area contributed by atoms with Crippen molar-refractivity contribution >= 4 is 12.1 Å². The molecule has 4 rings (SSSR count). The van der Waals surface area contributed by atoms with Gasteiger partial charge in [-0.3, -0.25) is 9.69 Å². The number of hydrogen-bond donors (Lipinski definition) is 0. The van der Waals surface area contributed by atoms with E-state index in [0.29, 0.717) is 6.42 Å². The normalized spacial score (nSPS) is 27.4. The van der Waals surface area contributed by atoms with Gasteiger partial charge in [0.25, 0.3) is 0 Å². The van der Waals surface area contributed by atoms with Crippen LogP contribution in [0, 0.1) is 19.1 Å². The molecule has 1 saturated heterocycles. The Morgan fingerprint density at radius 2 is 1.94 bits per heavy atom. The van der Waals surface area contributed by atoms with Crippen molar-refractivity contribution in [2.24, 2.45) is 5.92 Å². The highest BCUT2D eigenvalue weighted by Gasteiger charge is 2.60. The summed E-state index contributed by atoms with van der Waals surface area (Å²) in [7, 11) is 0. The number of hydrogen-bond acceptors (Lipinski definition) is 4. The molecule has 0 saturated carbocycles. The van der Waals surface area contributed by atoms with Gasteiger partial charge in [-0.25, -0.2) is 27.6 Å². The van der Waals surface area contributed by atoms with Gasteiger partial charge in [0.05, 0.1) is 6.04 Å². The summed E-state index contributed by atoms with van der Waals surface area (Å²) in [6.07, 6.45) is 6.12. The van der Waals surface area contributed by atoms with Crippen LogP contribution in [0.25, 0.3) is 9.69 Å². The molecule has 172 valence electrons. The van der Waals surface area contributed by atoms with Crippen LogP contribution < -0.4 is 0 Å². The Balaban J connectivity index is 1.81. The van der Waals surface area contributed by atoms with Crippen molar-refractivity contribution in [1.82, 2.24) is 4.90 Å². The molecule has 2 unspecified atom stereocenters. The van der Waals surface area contributed by atoms with Gasteiger partial charge < -0.3 is 9.47 Å². The average Bonchev–Trinajstić information content (AvgIpc) is 3.15. The molecule has 2 aliphatic carbocycles. The maximum Gasteiger partial charge on any atom is 0.510 e. The summed E-state index contributed by atoms with van der Waals surface area (Å²) in [5.74, 6) is -0.627. The van der Waals surface area contributed by atoms with Gasteiger partial charge in [0.15, 0.2) is 0 Å². The van der Waals surface area contributed by atoms with E-state index in [4.69, 9.17) is 22.6 Å². The Morgan fingerprint density at radius 3 is 2.55 bits per heavy atom. The highest BCUT2D eigenvalue weighted by molar-refractivity contribution is 5.72. The molecule has 33 heavy (non-hydrogen) atoms. The minimum atomic E-state index is -1.38. The second-order valence-corrected chi connectivity index (χ2v) is 10.2. The third-order valence-corrected chi connectivity index (χ3v) is 6.86. The van der Waals surface area contributed by atoms with Gasteiger partial charge in [0.2, 0.25) is 0 Å². The summed E-state index contributed by atoms with van der Waals surface area (Å²) in [5.41, 5.74) is 2.34. The van der Waals surface area contributed by atoms with Crippen molar-refractivity contribution < 1.29 is 19.1 Å². The van der Waals surface area contributed by atoms with Crippen LogP contribution in [0.15, 0.2) is 46.6 Å². The SMILES string of the molecule is [C-]#[N+]C1([N+]#[C-])CC2=C(COC(C)=O)C(=C)CC2=C[C@@H]2C1=CC1CCC2N1C(=O)OC(C)(C)C. The summed E-state index contributed by atoms with van der Waals surface area (Å²) < 4.78 is 11.0. The number of fused-ring (bicyclic) bond motifs is 5. The number of ether oxygens (including phenoxy) is 2. The molecule has 3 atom stereocenters. The first-order valence-electron chi connectivity index (χ1n) is 11.2. The van der Waals surface area contributed by atoms with Gasteiger partial charge in [-0.1, -0.05) is 12.7 Å². The zero-order valence-electron chi connectivity index (χ0n) is 19.6. The Labute approximate surface area is 195 Å². The van der Waals surface area contributed by atoms with Gasteiger partial charge in [0.1, 0.15) is 24.2 Å². The van der Waals surface area contributed by atoms with Gasteiger partial charge >= 0.3 is 17.7 Å². The number of esters is 1. The fourth-order valence-corrected chi connectivity index (χ4v) is 5.49.